The Hall–Kier alpha value is -6.00. The molecule has 218 valence electrons. The fraction of sp³-hybridized carbons (Fsp3) is 0.0476. The molecule has 0 aliphatic rings. The van der Waals surface area contributed by atoms with Crippen LogP contribution in [0, 0.1) is 13.8 Å². The molecule has 0 unspecified atom stereocenters. The van der Waals surface area contributed by atoms with E-state index in [1.165, 1.54) is 5.56 Å². The van der Waals surface area contributed by atoms with E-state index < -0.39 is 0 Å². The number of fused-ring (bicyclic) bond motifs is 2. The molecule has 0 saturated carbocycles. The van der Waals surface area contributed by atoms with Crippen LogP contribution in [0.2, 0.25) is 0 Å². The minimum absolute atomic E-state index is 0.920. The van der Waals surface area contributed by atoms with Crippen LogP contribution in [0.5, 0.6) is 0 Å². The van der Waals surface area contributed by atoms with Gasteiger partial charge in [0.1, 0.15) is 0 Å². The zero-order valence-corrected chi connectivity index (χ0v) is 25.6. The van der Waals surface area contributed by atoms with Gasteiger partial charge in [-0.1, -0.05) is 78.9 Å². The van der Waals surface area contributed by atoms with Crippen LogP contribution in [-0.4, -0.2) is 19.9 Å². The molecule has 0 atom stereocenters. The van der Waals surface area contributed by atoms with Crippen molar-refractivity contribution in [2.24, 2.45) is 0 Å². The highest BCUT2D eigenvalue weighted by Crippen LogP contribution is 2.49. The summed E-state index contributed by atoms with van der Waals surface area (Å²) in [6, 6.07) is 42.5. The second kappa shape index (κ2) is 11.5. The Labute approximate surface area is 268 Å². The van der Waals surface area contributed by atoms with Crippen LogP contribution < -0.4 is 0 Å². The molecule has 4 aromatic carbocycles. The van der Waals surface area contributed by atoms with Gasteiger partial charge in [-0.2, -0.15) is 0 Å². The molecule has 4 heterocycles. The number of hydrogen-bond acceptors (Lipinski definition) is 4. The minimum atomic E-state index is 0.920. The molecular weight excluding hydrogens is 560 g/mol. The first kappa shape index (κ1) is 27.5. The molecule has 0 amide bonds. The van der Waals surface area contributed by atoms with Gasteiger partial charge in [-0.3, -0.25) is 19.9 Å². The standard InChI is InChI=1S/C42H30N4/c1-27-39(34(20-24-43-27)37-16-8-10-22-45-37)41-31-14-6-7-15-32(31)42(36-26-30(18-19-33(36)41)29-12-4-3-5-13-29)40-28(2)44-25-21-35(40)38-17-9-11-23-46-38/h3-26H,1-2H3. The topological polar surface area (TPSA) is 51.6 Å². The van der Waals surface area contributed by atoms with Crippen LogP contribution in [-0.2, 0) is 0 Å². The van der Waals surface area contributed by atoms with Crippen molar-refractivity contribution in [3.05, 3.63) is 158 Å². The van der Waals surface area contributed by atoms with Crippen LogP contribution in [0.3, 0.4) is 0 Å². The quantitative estimate of drug-likeness (QED) is 0.187. The average Bonchev–Trinajstić information content (AvgIpc) is 3.12. The van der Waals surface area contributed by atoms with Crippen LogP contribution in [0.15, 0.2) is 146 Å². The first-order valence-corrected chi connectivity index (χ1v) is 15.5. The van der Waals surface area contributed by atoms with Gasteiger partial charge in [-0.25, -0.2) is 0 Å². The molecule has 4 heteroatoms. The van der Waals surface area contributed by atoms with Crippen molar-refractivity contribution < 1.29 is 0 Å². The van der Waals surface area contributed by atoms with Crippen molar-refractivity contribution >= 4 is 21.5 Å². The second-order valence-electron chi connectivity index (χ2n) is 11.5. The fourth-order valence-corrected chi connectivity index (χ4v) is 6.76. The number of aryl methyl sites for hydroxylation is 2. The Morgan fingerprint density at radius 1 is 0.348 bits per heavy atom. The number of benzene rings is 4. The molecule has 0 saturated heterocycles. The summed E-state index contributed by atoms with van der Waals surface area (Å²) in [5.41, 5.74) is 12.7. The predicted octanol–water partition coefficient (Wildman–Crippen LogP) is 10.5. The van der Waals surface area contributed by atoms with Crippen molar-refractivity contribution in [2.75, 3.05) is 0 Å². The molecule has 0 aliphatic heterocycles. The Kier molecular flexibility index (Phi) is 6.88. The monoisotopic (exact) mass is 590 g/mol. The molecule has 8 rings (SSSR count). The molecule has 0 aliphatic carbocycles. The number of rotatable bonds is 5. The van der Waals surface area contributed by atoms with Gasteiger partial charge in [0, 0.05) is 58.4 Å². The molecule has 0 spiro atoms. The van der Waals surface area contributed by atoms with Gasteiger partial charge in [0.2, 0.25) is 0 Å². The van der Waals surface area contributed by atoms with E-state index in [1.54, 1.807) is 0 Å². The lowest BCUT2D eigenvalue weighted by molar-refractivity contribution is 1.20. The van der Waals surface area contributed by atoms with Crippen LogP contribution in [0.1, 0.15) is 11.4 Å². The van der Waals surface area contributed by atoms with Crippen molar-refractivity contribution in [3.8, 4) is 55.9 Å². The maximum Gasteiger partial charge on any atom is 0.0709 e. The lowest BCUT2D eigenvalue weighted by atomic mass is 9.81. The molecule has 0 fully saturated rings. The highest BCUT2D eigenvalue weighted by Gasteiger charge is 2.24. The van der Waals surface area contributed by atoms with Gasteiger partial charge in [0.25, 0.3) is 0 Å². The zero-order valence-electron chi connectivity index (χ0n) is 25.6. The van der Waals surface area contributed by atoms with Gasteiger partial charge < -0.3 is 0 Å². The first-order valence-electron chi connectivity index (χ1n) is 15.5. The Morgan fingerprint density at radius 3 is 1.39 bits per heavy atom. The number of hydrogen-bond donors (Lipinski definition) is 0. The molecule has 4 nitrogen and oxygen atoms in total. The molecule has 0 N–H and O–H groups in total. The molecule has 0 bridgehead atoms. The maximum absolute atomic E-state index is 4.84. The summed E-state index contributed by atoms with van der Waals surface area (Å²) >= 11 is 0. The van der Waals surface area contributed by atoms with Gasteiger partial charge in [0.05, 0.1) is 11.4 Å². The Balaban J connectivity index is 1.57. The van der Waals surface area contributed by atoms with E-state index in [4.69, 9.17) is 19.9 Å². The summed E-state index contributed by atoms with van der Waals surface area (Å²) in [6.45, 7) is 4.20. The lowest BCUT2D eigenvalue weighted by Gasteiger charge is -2.22. The van der Waals surface area contributed by atoms with Crippen molar-refractivity contribution in [3.63, 3.8) is 0 Å². The van der Waals surface area contributed by atoms with Crippen molar-refractivity contribution in [2.45, 2.75) is 13.8 Å². The number of aromatic nitrogens is 4. The molecule has 0 radical (unpaired) electrons. The first-order chi connectivity index (χ1) is 22.7. The van der Waals surface area contributed by atoms with Gasteiger partial charge in [-0.15, -0.1) is 0 Å². The summed E-state index contributed by atoms with van der Waals surface area (Å²) in [4.78, 5) is 19.2. The number of nitrogens with zero attached hydrogens (tertiary/aromatic N) is 4. The third-order valence-corrected chi connectivity index (χ3v) is 8.79. The number of pyridine rings is 4. The van der Waals surface area contributed by atoms with E-state index in [9.17, 15) is 0 Å². The van der Waals surface area contributed by atoms with Crippen LogP contribution >= 0.6 is 0 Å². The average molecular weight is 591 g/mol. The second-order valence-corrected chi connectivity index (χ2v) is 11.5. The van der Waals surface area contributed by atoms with E-state index in [2.05, 4.69) is 111 Å². The summed E-state index contributed by atoms with van der Waals surface area (Å²) in [7, 11) is 0. The Morgan fingerprint density at radius 2 is 0.848 bits per heavy atom. The fourth-order valence-electron chi connectivity index (χ4n) is 6.76. The highest BCUT2D eigenvalue weighted by molar-refractivity contribution is 6.24. The maximum atomic E-state index is 4.84. The normalized spacial score (nSPS) is 11.3. The summed E-state index contributed by atoms with van der Waals surface area (Å²) in [5.74, 6) is 0. The summed E-state index contributed by atoms with van der Waals surface area (Å²) in [6.07, 6.45) is 7.47. The van der Waals surface area contributed by atoms with Gasteiger partial charge in [-0.05, 0) is 100 Å². The molecule has 46 heavy (non-hydrogen) atoms. The lowest BCUT2D eigenvalue weighted by Crippen LogP contribution is -1.99. The predicted molar refractivity (Wildman–Crippen MR) is 189 cm³/mol. The van der Waals surface area contributed by atoms with E-state index in [0.717, 1.165) is 83.3 Å². The highest BCUT2D eigenvalue weighted by atomic mass is 14.7. The van der Waals surface area contributed by atoms with Crippen LogP contribution in [0.4, 0.5) is 0 Å². The summed E-state index contributed by atoms with van der Waals surface area (Å²) in [5, 5.41) is 4.61. The minimum Gasteiger partial charge on any atom is -0.261 e. The van der Waals surface area contributed by atoms with Crippen molar-refractivity contribution in [1.82, 2.24) is 19.9 Å². The smallest absolute Gasteiger partial charge is 0.0709 e. The largest absolute Gasteiger partial charge is 0.261 e. The zero-order chi connectivity index (χ0) is 31.0. The van der Waals surface area contributed by atoms with E-state index in [0.29, 0.717) is 0 Å². The molecular formula is C42H30N4. The third kappa shape index (κ3) is 4.63. The summed E-state index contributed by atoms with van der Waals surface area (Å²) < 4.78 is 0. The Bertz CT molecular complexity index is 2370. The third-order valence-electron chi connectivity index (χ3n) is 8.79. The SMILES string of the molecule is Cc1nccc(-c2ccccn2)c1-c1c2ccccc2c(-c2c(-c3ccccn3)ccnc2C)c2cc(-c3ccccc3)ccc12. The molecule has 4 aromatic heterocycles. The van der Waals surface area contributed by atoms with Crippen molar-refractivity contribution in [1.29, 1.82) is 0 Å². The van der Waals surface area contributed by atoms with Crippen LogP contribution in [0.25, 0.3) is 77.4 Å². The van der Waals surface area contributed by atoms with Gasteiger partial charge in [0.15, 0.2) is 0 Å². The van der Waals surface area contributed by atoms with Gasteiger partial charge >= 0.3 is 0 Å². The molecule has 8 aromatic rings. The van der Waals surface area contributed by atoms with E-state index in [1.807, 2.05) is 49.1 Å². The van der Waals surface area contributed by atoms with E-state index >= 15 is 0 Å². The van der Waals surface area contributed by atoms with E-state index in [-0.39, 0.29) is 0 Å².